The summed E-state index contributed by atoms with van der Waals surface area (Å²) in [6, 6.07) is 18.3. The Hall–Kier alpha value is -3.56. The summed E-state index contributed by atoms with van der Waals surface area (Å²) in [5.41, 5.74) is 5.95. The van der Waals surface area contributed by atoms with Crippen molar-refractivity contribution in [3.8, 4) is 22.5 Å². The Morgan fingerprint density at radius 1 is 0.935 bits per heavy atom. The van der Waals surface area contributed by atoms with Crippen LogP contribution in [0, 0.1) is 0 Å². The molecule has 0 saturated heterocycles. The van der Waals surface area contributed by atoms with E-state index in [-0.39, 0.29) is 5.28 Å². The molecule has 0 aliphatic heterocycles. The smallest absolute Gasteiger partial charge is 0.208 e. The summed E-state index contributed by atoms with van der Waals surface area (Å²) in [7, 11) is 0. The Balaban J connectivity index is 1.71. The molecule has 31 heavy (non-hydrogen) atoms. The van der Waals surface area contributed by atoms with E-state index in [4.69, 9.17) is 11.6 Å². The first-order chi connectivity index (χ1) is 15.1. The van der Waals surface area contributed by atoms with E-state index >= 15 is 0 Å². The molecule has 0 atom stereocenters. The molecule has 3 aromatic rings. The van der Waals surface area contributed by atoms with Crippen LogP contribution in [0.2, 0.25) is 5.28 Å². The third-order valence-electron chi connectivity index (χ3n) is 5.07. The summed E-state index contributed by atoms with van der Waals surface area (Å²) in [6.07, 6.45) is 11.9. The summed E-state index contributed by atoms with van der Waals surface area (Å²) in [5.74, 6) is 0.995. The minimum atomic E-state index is 0.142. The van der Waals surface area contributed by atoms with Crippen molar-refractivity contribution in [2.24, 2.45) is 0 Å². The number of benzene rings is 2. The maximum Gasteiger partial charge on any atom is 0.226 e. The number of allylic oxidation sites excluding steroid dienone is 8. The fraction of sp³-hybridized carbons (Fsp3) is 0.0741. The lowest BCUT2D eigenvalue weighted by molar-refractivity contribution is 0.979. The lowest BCUT2D eigenvalue weighted by Crippen LogP contribution is -2.00. The third-order valence-corrected chi connectivity index (χ3v) is 5.24. The van der Waals surface area contributed by atoms with Crippen molar-refractivity contribution in [1.82, 2.24) is 15.0 Å². The van der Waals surface area contributed by atoms with E-state index < -0.39 is 0 Å². The van der Waals surface area contributed by atoms with Crippen LogP contribution in [0.3, 0.4) is 0 Å². The molecule has 0 spiro atoms. The molecular formula is C27H22ClN3. The number of halogens is 1. The lowest BCUT2D eigenvalue weighted by atomic mass is 9.96. The van der Waals surface area contributed by atoms with Gasteiger partial charge in [-0.3, -0.25) is 0 Å². The minimum absolute atomic E-state index is 0.142. The predicted molar refractivity (Wildman–Crippen MR) is 129 cm³/mol. The summed E-state index contributed by atoms with van der Waals surface area (Å²) < 4.78 is 0. The maximum absolute atomic E-state index is 6.28. The first-order valence-corrected chi connectivity index (χ1v) is 10.5. The standard InChI is InChI=1S/C27H22ClN3/c1-3-20(17-19(2)21-11-6-4-7-12-21)25-29-26(31-27(28)30-25)24-16-10-15-23(18-24)22-13-8-5-9-14-22/h3-6,8-11,13-18H,1-2,7,12H2/b20-17+. The van der Waals surface area contributed by atoms with E-state index in [9.17, 15) is 0 Å². The monoisotopic (exact) mass is 423 g/mol. The topological polar surface area (TPSA) is 38.7 Å². The van der Waals surface area contributed by atoms with Gasteiger partial charge in [0.1, 0.15) is 0 Å². The van der Waals surface area contributed by atoms with Gasteiger partial charge in [-0.05, 0) is 58.9 Å². The number of hydrogen-bond donors (Lipinski definition) is 0. The highest BCUT2D eigenvalue weighted by Gasteiger charge is 2.12. The molecule has 0 amide bonds. The van der Waals surface area contributed by atoms with Crippen molar-refractivity contribution in [2.45, 2.75) is 12.8 Å². The summed E-state index contributed by atoms with van der Waals surface area (Å²) in [6.45, 7) is 8.14. The van der Waals surface area contributed by atoms with Crippen molar-refractivity contribution < 1.29 is 0 Å². The maximum atomic E-state index is 6.28. The summed E-state index contributed by atoms with van der Waals surface area (Å²) in [4.78, 5) is 13.4. The summed E-state index contributed by atoms with van der Waals surface area (Å²) >= 11 is 6.28. The number of nitrogens with zero attached hydrogens (tertiary/aromatic N) is 3. The molecule has 1 heterocycles. The van der Waals surface area contributed by atoms with Gasteiger partial charge < -0.3 is 0 Å². The van der Waals surface area contributed by atoms with E-state index in [2.05, 4.69) is 70.6 Å². The molecule has 1 aliphatic rings. The molecule has 4 heteroatoms. The second kappa shape index (κ2) is 9.50. The molecule has 0 bridgehead atoms. The minimum Gasteiger partial charge on any atom is -0.208 e. The van der Waals surface area contributed by atoms with Crippen LogP contribution in [-0.2, 0) is 0 Å². The molecule has 2 aromatic carbocycles. The van der Waals surface area contributed by atoms with E-state index in [1.165, 1.54) is 5.57 Å². The van der Waals surface area contributed by atoms with Crippen LogP contribution < -0.4 is 0 Å². The van der Waals surface area contributed by atoms with Gasteiger partial charge in [0.15, 0.2) is 11.6 Å². The Labute approximate surface area is 187 Å². The molecule has 0 N–H and O–H groups in total. The molecule has 0 saturated carbocycles. The predicted octanol–water partition coefficient (Wildman–Crippen LogP) is 7.26. The Bertz CT molecular complexity index is 1220. The van der Waals surface area contributed by atoms with Crippen molar-refractivity contribution in [3.63, 3.8) is 0 Å². The Kier molecular flexibility index (Phi) is 6.34. The van der Waals surface area contributed by atoms with Gasteiger partial charge in [-0.15, -0.1) is 0 Å². The average Bonchev–Trinajstić information content (AvgIpc) is 2.83. The van der Waals surface area contributed by atoms with E-state index in [1.807, 2.05) is 36.4 Å². The zero-order valence-electron chi connectivity index (χ0n) is 17.1. The molecule has 1 aromatic heterocycles. The van der Waals surface area contributed by atoms with Crippen LogP contribution in [0.25, 0.3) is 28.1 Å². The zero-order valence-corrected chi connectivity index (χ0v) is 17.9. The van der Waals surface area contributed by atoms with Gasteiger partial charge >= 0.3 is 0 Å². The number of aromatic nitrogens is 3. The normalized spacial score (nSPS) is 13.6. The number of hydrogen-bond acceptors (Lipinski definition) is 3. The second-order valence-electron chi connectivity index (χ2n) is 7.19. The lowest BCUT2D eigenvalue weighted by Gasteiger charge is -2.11. The Morgan fingerprint density at radius 2 is 1.71 bits per heavy atom. The molecule has 0 unspecified atom stereocenters. The number of rotatable bonds is 6. The first-order valence-electron chi connectivity index (χ1n) is 10.1. The average molecular weight is 424 g/mol. The van der Waals surface area contributed by atoms with Crippen LogP contribution >= 0.6 is 11.6 Å². The van der Waals surface area contributed by atoms with Crippen LogP contribution in [0.4, 0.5) is 0 Å². The van der Waals surface area contributed by atoms with E-state index in [0.29, 0.717) is 11.6 Å². The second-order valence-corrected chi connectivity index (χ2v) is 7.52. The quantitative estimate of drug-likeness (QED) is 0.391. The molecule has 152 valence electrons. The van der Waals surface area contributed by atoms with E-state index in [0.717, 1.165) is 40.7 Å². The fourth-order valence-electron chi connectivity index (χ4n) is 3.44. The van der Waals surface area contributed by atoms with Crippen molar-refractivity contribution in [2.75, 3.05) is 0 Å². The largest absolute Gasteiger partial charge is 0.226 e. The van der Waals surface area contributed by atoms with Gasteiger partial charge in [-0.25, -0.2) is 4.98 Å². The molecule has 0 fully saturated rings. The van der Waals surface area contributed by atoms with Crippen LogP contribution in [0.5, 0.6) is 0 Å². The van der Waals surface area contributed by atoms with E-state index in [1.54, 1.807) is 6.08 Å². The highest BCUT2D eigenvalue weighted by Crippen LogP contribution is 2.27. The summed E-state index contributed by atoms with van der Waals surface area (Å²) in [5, 5.41) is 0.142. The zero-order chi connectivity index (χ0) is 21.6. The third kappa shape index (κ3) is 4.96. The fourth-order valence-corrected chi connectivity index (χ4v) is 3.60. The van der Waals surface area contributed by atoms with Gasteiger partial charge in [0.2, 0.25) is 5.28 Å². The first kappa shape index (κ1) is 20.7. The van der Waals surface area contributed by atoms with Crippen molar-refractivity contribution >= 4 is 17.2 Å². The van der Waals surface area contributed by atoms with Crippen LogP contribution in [0.15, 0.2) is 109 Å². The van der Waals surface area contributed by atoms with Gasteiger partial charge in [0, 0.05) is 11.1 Å². The highest BCUT2D eigenvalue weighted by molar-refractivity contribution is 6.28. The van der Waals surface area contributed by atoms with Gasteiger partial charge in [-0.1, -0.05) is 86.0 Å². The molecule has 3 nitrogen and oxygen atoms in total. The molecule has 4 rings (SSSR count). The molecule has 1 aliphatic carbocycles. The van der Waals surface area contributed by atoms with Crippen LogP contribution in [-0.4, -0.2) is 15.0 Å². The van der Waals surface area contributed by atoms with Crippen molar-refractivity contribution in [1.29, 1.82) is 0 Å². The SMILES string of the molecule is C=C/C(=C\C(=C)C1=CC=CCC1)c1nc(Cl)nc(-c2cccc(-c3ccccc3)c2)n1. The Morgan fingerprint density at radius 3 is 2.45 bits per heavy atom. The van der Waals surface area contributed by atoms with Crippen molar-refractivity contribution in [3.05, 3.63) is 120 Å². The molecule has 0 radical (unpaired) electrons. The van der Waals surface area contributed by atoms with Crippen LogP contribution in [0.1, 0.15) is 18.7 Å². The van der Waals surface area contributed by atoms with Gasteiger partial charge in [0.05, 0.1) is 0 Å². The van der Waals surface area contributed by atoms with Gasteiger partial charge in [0.25, 0.3) is 0 Å². The highest BCUT2D eigenvalue weighted by atomic mass is 35.5. The molecular weight excluding hydrogens is 402 g/mol. The van der Waals surface area contributed by atoms with Gasteiger partial charge in [-0.2, -0.15) is 9.97 Å².